The SMILES string of the molecule is CC(C)(CN)c1ncc(-c2cc(Cl)ccc2F)[nH]1. The highest BCUT2D eigenvalue weighted by atomic mass is 35.5. The lowest BCUT2D eigenvalue weighted by Gasteiger charge is -2.18. The summed E-state index contributed by atoms with van der Waals surface area (Å²) in [5.41, 5.74) is 6.43. The van der Waals surface area contributed by atoms with Gasteiger partial charge in [0.15, 0.2) is 0 Å². The molecule has 18 heavy (non-hydrogen) atoms. The maximum absolute atomic E-state index is 13.7. The standard InChI is InChI=1S/C13H15ClFN3/c1-13(2,7-16)12-17-6-11(18-12)9-5-8(14)3-4-10(9)15/h3-6H,7,16H2,1-2H3,(H,17,18). The molecule has 0 saturated heterocycles. The molecule has 0 aliphatic heterocycles. The van der Waals surface area contributed by atoms with Crippen molar-refractivity contribution in [3.8, 4) is 11.3 Å². The number of halogens is 2. The topological polar surface area (TPSA) is 54.7 Å². The smallest absolute Gasteiger partial charge is 0.132 e. The van der Waals surface area contributed by atoms with Crippen molar-refractivity contribution in [2.75, 3.05) is 6.54 Å². The molecule has 5 heteroatoms. The number of nitrogens with one attached hydrogen (secondary N) is 1. The Hall–Kier alpha value is -1.39. The van der Waals surface area contributed by atoms with Gasteiger partial charge in [0.25, 0.3) is 0 Å². The molecule has 0 aliphatic carbocycles. The Bertz CT molecular complexity index is 563. The summed E-state index contributed by atoms with van der Waals surface area (Å²) in [7, 11) is 0. The molecule has 3 N–H and O–H groups in total. The zero-order valence-electron chi connectivity index (χ0n) is 10.3. The van der Waals surface area contributed by atoms with Gasteiger partial charge in [-0.25, -0.2) is 9.37 Å². The molecule has 2 aromatic rings. The number of imidazole rings is 1. The summed E-state index contributed by atoms with van der Waals surface area (Å²) in [6, 6.07) is 4.43. The minimum atomic E-state index is -0.333. The van der Waals surface area contributed by atoms with E-state index in [0.717, 1.165) is 5.82 Å². The number of nitrogens with zero attached hydrogens (tertiary/aromatic N) is 1. The Morgan fingerprint density at radius 2 is 2.17 bits per heavy atom. The van der Waals surface area contributed by atoms with Crippen LogP contribution in [0.5, 0.6) is 0 Å². The van der Waals surface area contributed by atoms with Gasteiger partial charge in [0.2, 0.25) is 0 Å². The van der Waals surface area contributed by atoms with E-state index >= 15 is 0 Å². The highest BCUT2D eigenvalue weighted by molar-refractivity contribution is 6.30. The maximum atomic E-state index is 13.7. The first-order valence-corrected chi connectivity index (χ1v) is 6.03. The number of hydrogen-bond donors (Lipinski definition) is 2. The first-order valence-electron chi connectivity index (χ1n) is 5.65. The zero-order valence-corrected chi connectivity index (χ0v) is 11.1. The van der Waals surface area contributed by atoms with Gasteiger partial charge in [-0.05, 0) is 18.2 Å². The molecule has 0 saturated carbocycles. The van der Waals surface area contributed by atoms with Crippen LogP contribution >= 0.6 is 11.6 Å². The second kappa shape index (κ2) is 4.71. The van der Waals surface area contributed by atoms with Gasteiger partial charge in [-0.2, -0.15) is 0 Å². The molecule has 3 nitrogen and oxygen atoms in total. The Kier molecular flexibility index (Phi) is 3.41. The summed E-state index contributed by atoms with van der Waals surface area (Å²) in [6.45, 7) is 4.41. The van der Waals surface area contributed by atoms with Gasteiger partial charge in [-0.1, -0.05) is 25.4 Å². The van der Waals surface area contributed by atoms with Crippen molar-refractivity contribution in [2.24, 2.45) is 5.73 Å². The molecule has 2 rings (SSSR count). The molecule has 0 amide bonds. The van der Waals surface area contributed by atoms with E-state index in [9.17, 15) is 4.39 Å². The molecule has 96 valence electrons. The van der Waals surface area contributed by atoms with Gasteiger partial charge < -0.3 is 10.7 Å². The average molecular weight is 268 g/mol. The monoisotopic (exact) mass is 267 g/mol. The van der Waals surface area contributed by atoms with Crippen LogP contribution in [-0.4, -0.2) is 16.5 Å². The molecule has 0 bridgehead atoms. The average Bonchev–Trinajstić information content (AvgIpc) is 2.82. The van der Waals surface area contributed by atoms with Crippen LogP contribution in [0.2, 0.25) is 5.02 Å². The van der Waals surface area contributed by atoms with Crippen molar-refractivity contribution in [3.63, 3.8) is 0 Å². The van der Waals surface area contributed by atoms with Crippen LogP contribution in [0, 0.1) is 5.82 Å². The molecule has 0 radical (unpaired) electrons. The Morgan fingerprint density at radius 3 is 2.83 bits per heavy atom. The number of aromatic amines is 1. The molecule has 1 aromatic carbocycles. The van der Waals surface area contributed by atoms with Gasteiger partial charge in [-0.15, -0.1) is 0 Å². The zero-order chi connectivity index (χ0) is 13.3. The maximum Gasteiger partial charge on any atom is 0.132 e. The largest absolute Gasteiger partial charge is 0.341 e. The fraction of sp³-hybridized carbons (Fsp3) is 0.308. The lowest BCUT2D eigenvalue weighted by Crippen LogP contribution is -2.29. The predicted molar refractivity (Wildman–Crippen MR) is 71.1 cm³/mol. The van der Waals surface area contributed by atoms with Crippen molar-refractivity contribution in [3.05, 3.63) is 41.1 Å². The van der Waals surface area contributed by atoms with E-state index in [-0.39, 0.29) is 11.2 Å². The van der Waals surface area contributed by atoms with Crippen LogP contribution in [0.1, 0.15) is 19.7 Å². The third kappa shape index (κ3) is 2.40. The summed E-state index contributed by atoms with van der Waals surface area (Å²) in [5, 5.41) is 0.487. The summed E-state index contributed by atoms with van der Waals surface area (Å²) < 4.78 is 13.7. The first-order chi connectivity index (χ1) is 8.44. The number of aromatic nitrogens is 2. The Labute approximate surface area is 110 Å². The molecule has 0 unspecified atom stereocenters. The third-order valence-corrected chi connectivity index (χ3v) is 3.18. The van der Waals surface area contributed by atoms with Crippen molar-refractivity contribution in [2.45, 2.75) is 19.3 Å². The van der Waals surface area contributed by atoms with E-state index in [4.69, 9.17) is 17.3 Å². The van der Waals surface area contributed by atoms with Gasteiger partial charge in [0.1, 0.15) is 11.6 Å². The van der Waals surface area contributed by atoms with Crippen molar-refractivity contribution in [1.82, 2.24) is 9.97 Å². The van der Waals surface area contributed by atoms with Crippen molar-refractivity contribution >= 4 is 11.6 Å². The van der Waals surface area contributed by atoms with E-state index in [1.54, 1.807) is 12.3 Å². The molecule has 0 atom stereocenters. The highest BCUT2D eigenvalue weighted by Crippen LogP contribution is 2.27. The van der Waals surface area contributed by atoms with Gasteiger partial charge in [0, 0.05) is 22.5 Å². The van der Waals surface area contributed by atoms with E-state index in [1.807, 2.05) is 13.8 Å². The lowest BCUT2D eigenvalue weighted by molar-refractivity contribution is 0.508. The molecule has 1 aromatic heterocycles. The van der Waals surface area contributed by atoms with Crippen LogP contribution in [-0.2, 0) is 5.41 Å². The van der Waals surface area contributed by atoms with Gasteiger partial charge in [-0.3, -0.25) is 0 Å². The minimum absolute atomic E-state index is 0.271. The second-order valence-electron chi connectivity index (χ2n) is 4.86. The fourth-order valence-corrected chi connectivity index (χ4v) is 1.77. The van der Waals surface area contributed by atoms with Crippen molar-refractivity contribution < 1.29 is 4.39 Å². The summed E-state index contributed by atoms with van der Waals surface area (Å²) in [5.74, 6) is 0.402. The second-order valence-corrected chi connectivity index (χ2v) is 5.29. The van der Waals surface area contributed by atoms with E-state index in [1.165, 1.54) is 12.1 Å². The van der Waals surface area contributed by atoms with Crippen LogP contribution in [0.3, 0.4) is 0 Å². The van der Waals surface area contributed by atoms with Crippen molar-refractivity contribution in [1.29, 1.82) is 0 Å². The molecule has 1 heterocycles. The van der Waals surface area contributed by atoms with E-state index < -0.39 is 0 Å². The van der Waals surface area contributed by atoms with Crippen LogP contribution in [0.25, 0.3) is 11.3 Å². The summed E-state index contributed by atoms with van der Waals surface area (Å²) >= 11 is 5.87. The van der Waals surface area contributed by atoms with E-state index in [0.29, 0.717) is 22.8 Å². The number of nitrogens with two attached hydrogens (primary N) is 1. The Balaban J connectivity index is 2.44. The van der Waals surface area contributed by atoms with Gasteiger partial charge in [0.05, 0.1) is 11.9 Å². The molecular weight excluding hydrogens is 253 g/mol. The first kappa shape index (κ1) is 13.1. The van der Waals surface area contributed by atoms with Crippen LogP contribution in [0.15, 0.2) is 24.4 Å². The number of H-pyrrole nitrogens is 1. The molecule has 0 aliphatic rings. The summed E-state index contributed by atoms with van der Waals surface area (Å²) in [4.78, 5) is 7.36. The molecule has 0 spiro atoms. The number of rotatable bonds is 3. The van der Waals surface area contributed by atoms with Crippen LogP contribution in [0.4, 0.5) is 4.39 Å². The fourth-order valence-electron chi connectivity index (χ4n) is 1.60. The van der Waals surface area contributed by atoms with E-state index in [2.05, 4.69) is 9.97 Å². The highest BCUT2D eigenvalue weighted by Gasteiger charge is 2.22. The number of hydrogen-bond acceptors (Lipinski definition) is 2. The Morgan fingerprint density at radius 1 is 1.44 bits per heavy atom. The minimum Gasteiger partial charge on any atom is -0.341 e. The quantitative estimate of drug-likeness (QED) is 0.898. The normalized spacial score (nSPS) is 11.8. The third-order valence-electron chi connectivity index (χ3n) is 2.95. The van der Waals surface area contributed by atoms with Gasteiger partial charge >= 0.3 is 0 Å². The summed E-state index contributed by atoms with van der Waals surface area (Å²) in [6.07, 6.45) is 1.60. The van der Waals surface area contributed by atoms with Crippen LogP contribution < -0.4 is 5.73 Å². The number of benzene rings is 1. The lowest BCUT2D eigenvalue weighted by atomic mass is 9.93. The molecular formula is C13H15ClFN3. The molecule has 0 fully saturated rings. The predicted octanol–water partition coefficient (Wildman–Crippen LogP) is 3.11.